The molecule has 2 fully saturated rings. The van der Waals surface area contributed by atoms with E-state index in [1.165, 1.54) is 24.2 Å². The first kappa shape index (κ1) is 16.7. The van der Waals surface area contributed by atoms with E-state index in [9.17, 15) is 9.90 Å². The summed E-state index contributed by atoms with van der Waals surface area (Å²) in [7, 11) is 0. The number of carbonyl (C=O) groups is 1. The lowest BCUT2D eigenvalue weighted by Crippen LogP contribution is -2.32. The Hall–Kier alpha value is -1.73. The summed E-state index contributed by atoms with van der Waals surface area (Å²) in [5.41, 5.74) is 0.848. The number of likely N-dealkylation sites (tertiary alicyclic amines) is 1. The molecule has 2 aromatic rings. The maximum absolute atomic E-state index is 11.4. The van der Waals surface area contributed by atoms with Crippen LogP contribution in [0.3, 0.4) is 0 Å². The largest absolute Gasteiger partial charge is 0.477 e. The highest BCUT2D eigenvalue weighted by Gasteiger charge is 2.54. The predicted octanol–water partition coefficient (Wildman–Crippen LogP) is 3.51. The van der Waals surface area contributed by atoms with Gasteiger partial charge in [0, 0.05) is 25.6 Å². The standard InChI is InChI=1S/C18H23N3O3S/c1-11(2)15-19-17(24-20-15)18-6-3-4-13(18)9-21(10-18)8-12-5-7-25-14(12)16(22)23/h5,7,11,13H,3-4,6,8-10H2,1-2H3,(H,22,23)/t13-,18-/m0/s1. The number of nitrogens with zero attached hydrogens (tertiary/aromatic N) is 3. The molecule has 0 bridgehead atoms. The van der Waals surface area contributed by atoms with Gasteiger partial charge in [-0.1, -0.05) is 25.4 Å². The Morgan fingerprint density at radius 1 is 1.56 bits per heavy atom. The lowest BCUT2D eigenvalue weighted by Gasteiger charge is -2.24. The van der Waals surface area contributed by atoms with Crippen LogP contribution in [0.15, 0.2) is 16.0 Å². The van der Waals surface area contributed by atoms with Crippen LogP contribution < -0.4 is 0 Å². The van der Waals surface area contributed by atoms with Crippen molar-refractivity contribution in [1.29, 1.82) is 0 Å². The van der Waals surface area contributed by atoms with E-state index >= 15 is 0 Å². The SMILES string of the molecule is CC(C)c1noc([C@]23CCC[C@H]2CN(Cc2ccsc2C(=O)O)C3)n1. The Balaban J connectivity index is 1.57. The molecule has 2 atom stereocenters. The van der Waals surface area contributed by atoms with Crippen LogP contribution in [0, 0.1) is 5.92 Å². The third kappa shape index (κ3) is 2.79. The van der Waals surface area contributed by atoms with E-state index in [4.69, 9.17) is 9.51 Å². The second kappa shape index (κ2) is 6.21. The molecule has 134 valence electrons. The highest BCUT2D eigenvalue weighted by molar-refractivity contribution is 7.12. The molecule has 1 aliphatic carbocycles. The number of thiophene rings is 1. The highest BCUT2D eigenvalue weighted by Crippen LogP contribution is 2.50. The fourth-order valence-corrected chi connectivity index (χ4v) is 5.18. The molecule has 6 nitrogen and oxygen atoms in total. The Kier molecular flexibility index (Phi) is 4.16. The maximum Gasteiger partial charge on any atom is 0.346 e. The van der Waals surface area contributed by atoms with E-state index in [1.807, 2.05) is 11.4 Å². The highest BCUT2D eigenvalue weighted by atomic mass is 32.1. The van der Waals surface area contributed by atoms with Gasteiger partial charge in [0.15, 0.2) is 5.82 Å². The number of carboxylic acid groups (broad SMARTS) is 1. The van der Waals surface area contributed by atoms with Crippen LogP contribution >= 0.6 is 11.3 Å². The predicted molar refractivity (Wildman–Crippen MR) is 94.0 cm³/mol. The van der Waals surface area contributed by atoms with Crippen molar-refractivity contribution in [1.82, 2.24) is 15.0 Å². The van der Waals surface area contributed by atoms with Crippen molar-refractivity contribution in [3.05, 3.63) is 33.6 Å². The fourth-order valence-electron chi connectivity index (χ4n) is 4.42. The second-order valence-corrected chi connectivity index (χ2v) is 8.52. The second-order valence-electron chi connectivity index (χ2n) is 7.61. The van der Waals surface area contributed by atoms with Gasteiger partial charge in [-0.3, -0.25) is 4.90 Å². The van der Waals surface area contributed by atoms with Gasteiger partial charge in [-0.15, -0.1) is 11.3 Å². The monoisotopic (exact) mass is 361 g/mol. The number of aromatic nitrogens is 2. The smallest absolute Gasteiger partial charge is 0.346 e. The molecule has 1 saturated carbocycles. The summed E-state index contributed by atoms with van der Waals surface area (Å²) < 4.78 is 5.68. The lowest BCUT2D eigenvalue weighted by molar-refractivity contribution is 0.0700. The molecular weight excluding hydrogens is 338 g/mol. The molecule has 2 aromatic heterocycles. The first-order valence-corrected chi connectivity index (χ1v) is 9.73. The molecular formula is C18H23N3O3S. The van der Waals surface area contributed by atoms with Crippen LogP contribution in [0.1, 0.15) is 66.0 Å². The fraction of sp³-hybridized carbons (Fsp3) is 0.611. The zero-order valence-electron chi connectivity index (χ0n) is 14.6. The molecule has 0 unspecified atom stereocenters. The average molecular weight is 361 g/mol. The maximum atomic E-state index is 11.4. The van der Waals surface area contributed by atoms with E-state index in [0.717, 1.165) is 36.8 Å². The van der Waals surface area contributed by atoms with E-state index in [1.54, 1.807) is 0 Å². The molecule has 7 heteroatoms. The molecule has 0 spiro atoms. The van der Waals surface area contributed by atoms with Crippen LogP contribution in [0.4, 0.5) is 0 Å². The normalized spacial score (nSPS) is 26.4. The molecule has 0 aromatic carbocycles. The Bertz CT molecular complexity index is 784. The van der Waals surface area contributed by atoms with Crippen LogP contribution in [0.5, 0.6) is 0 Å². The first-order chi connectivity index (χ1) is 12.0. The van der Waals surface area contributed by atoms with Gasteiger partial charge in [0.2, 0.25) is 5.89 Å². The van der Waals surface area contributed by atoms with E-state index < -0.39 is 5.97 Å². The van der Waals surface area contributed by atoms with E-state index in [0.29, 0.717) is 17.3 Å². The summed E-state index contributed by atoms with van der Waals surface area (Å²) in [6.45, 7) is 6.65. The molecule has 1 aliphatic heterocycles. The number of fused-ring (bicyclic) bond motifs is 1. The van der Waals surface area contributed by atoms with Gasteiger partial charge in [0.25, 0.3) is 0 Å². The summed E-state index contributed by atoms with van der Waals surface area (Å²) in [4.78, 5) is 18.9. The Labute approximate surface area is 150 Å². The minimum atomic E-state index is -0.836. The zero-order chi connectivity index (χ0) is 17.6. The van der Waals surface area contributed by atoms with Gasteiger partial charge < -0.3 is 9.63 Å². The minimum absolute atomic E-state index is 0.0560. The van der Waals surface area contributed by atoms with Crippen molar-refractivity contribution in [3.63, 3.8) is 0 Å². The summed E-state index contributed by atoms with van der Waals surface area (Å²) in [6.07, 6.45) is 3.44. The first-order valence-electron chi connectivity index (χ1n) is 8.85. The van der Waals surface area contributed by atoms with Crippen LogP contribution in [0.25, 0.3) is 0 Å². The molecule has 25 heavy (non-hydrogen) atoms. The summed E-state index contributed by atoms with van der Waals surface area (Å²) >= 11 is 1.30. The molecule has 0 amide bonds. The number of rotatable bonds is 5. The summed E-state index contributed by atoms with van der Waals surface area (Å²) in [5, 5.41) is 15.4. The minimum Gasteiger partial charge on any atom is -0.477 e. The Morgan fingerprint density at radius 2 is 2.40 bits per heavy atom. The van der Waals surface area contributed by atoms with Crippen molar-refractivity contribution in [2.45, 2.75) is 51.0 Å². The number of hydrogen-bond acceptors (Lipinski definition) is 6. The van der Waals surface area contributed by atoms with Crippen LogP contribution in [-0.4, -0.2) is 39.2 Å². The molecule has 4 rings (SSSR count). The third-order valence-electron chi connectivity index (χ3n) is 5.66. The van der Waals surface area contributed by atoms with Crippen molar-refractivity contribution in [3.8, 4) is 0 Å². The summed E-state index contributed by atoms with van der Waals surface area (Å²) in [5.74, 6) is 1.50. The van der Waals surface area contributed by atoms with Gasteiger partial charge in [-0.25, -0.2) is 4.79 Å². The van der Waals surface area contributed by atoms with Crippen molar-refractivity contribution >= 4 is 17.3 Å². The van der Waals surface area contributed by atoms with Crippen molar-refractivity contribution in [2.75, 3.05) is 13.1 Å². The van der Waals surface area contributed by atoms with Crippen molar-refractivity contribution in [2.24, 2.45) is 5.92 Å². The van der Waals surface area contributed by atoms with Gasteiger partial charge >= 0.3 is 5.97 Å². The van der Waals surface area contributed by atoms with E-state index in [-0.39, 0.29) is 11.3 Å². The lowest BCUT2D eigenvalue weighted by atomic mass is 9.80. The van der Waals surface area contributed by atoms with Crippen LogP contribution in [-0.2, 0) is 12.0 Å². The van der Waals surface area contributed by atoms with Gasteiger partial charge in [-0.05, 0) is 35.8 Å². The summed E-state index contributed by atoms with van der Waals surface area (Å²) in [6, 6.07) is 1.93. The average Bonchev–Trinajstić information content (AvgIpc) is 3.29. The molecule has 1 saturated heterocycles. The molecule has 2 aliphatic rings. The molecule has 0 radical (unpaired) electrons. The van der Waals surface area contributed by atoms with Gasteiger partial charge in [-0.2, -0.15) is 4.98 Å². The zero-order valence-corrected chi connectivity index (χ0v) is 15.4. The van der Waals surface area contributed by atoms with Gasteiger partial charge in [0.05, 0.1) is 5.41 Å². The Morgan fingerprint density at radius 3 is 3.12 bits per heavy atom. The quantitative estimate of drug-likeness (QED) is 0.878. The van der Waals surface area contributed by atoms with Crippen molar-refractivity contribution < 1.29 is 14.4 Å². The number of carboxylic acids is 1. The molecule has 3 heterocycles. The van der Waals surface area contributed by atoms with Crippen LogP contribution in [0.2, 0.25) is 0 Å². The number of aromatic carboxylic acids is 1. The van der Waals surface area contributed by atoms with E-state index in [2.05, 4.69) is 23.9 Å². The number of hydrogen-bond donors (Lipinski definition) is 1. The van der Waals surface area contributed by atoms with Gasteiger partial charge in [0.1, 0.15) is 4.88 Å². The third-order valence-corrected chi connectivity index (χ3v) is 6.60. The topological polar surface area (TPSA) is 79.5 Å². The molecule has 1 N–H and O–H groups in total.